The lowest BCUT2D eigenvalue weighted by atomic mass is 9.70. The van der Waals surface area contributed by atoms with Crippen LogP contribution in [0.2, 0.25) is 0 Å². The molecule has 0 saturated heterocycles. The molecule has 0 amide bonds. The average molecular weight is 287 g/mol. The zero-order chi connectivity index (χ0) is 15.0. The number of nitrogens with one attached hydrogen (secondary N) is 1. The van der Waals surface area contributed by atoms with E-state index >= 15 is 0 Å². The third-order valence-corrected chi connectivity index (χ3v) is 4.89. The zero-order valence-electron chi connectivity index (χ0n) is 13.4. The van der Waals surface area contributed by atoms with Crippen molar-refractivity contribution < 1.29 is 4.74 Å². The molecule has 114 valence electrons. The Labute approximate surface area is 126 Å². The normalized spacial score (nSPS) is 23.4. The molecule has 1 aliphatic rings. The van der Waals surface area contributed by atoms with Crippen LogP contribution in [-0.4, -0.2) is 22.1 Å². The van der Waals surface area contributed by atoms with Crippen molar-refractivity contribution >= 4 is 11.2 Å². The Balaban J connectivity index is 1.76. The SMILES string of the molecule is COc1ccc2[nH]c(C3CCC(C(C)(C)C)CC3)nc2n1. The lowest BCUT2D eigenvalue weighted by molar-refractivity contribution is 0.167. The van der Waals surface area contributed by atoms with Gasteiger partial charge in [-0.25, -0.2) is 4.98 Å². The van der Waals surface area contributed by atoms with Crippen LogP contribution in [0, 0.1) is 11.3 Å². The van der Waals surface area contributed by atoms with E-state index in [1.165, 1.54) is 25.7 Å². The predicted octanol–water partition coefficient (Wildman–Crippen LogP) is 4.29. The first-order chi connectivity index (χ1) is 9.97. The largest absolute Gasteiger partial charge is 0.481 e. The third-order valence-electron chi connectivity index (χ3n) is 4.89. The summed E-state index contributed by atoms with van der Waals surface area (Å²) in [5, 5.41) is 0. The highest BCUT2D eigenvalue weighted by Crippen LogP contribution is 2.42. The summed E-state index contributed by atoms with van der Waals surface area (Å²) in [6.07, 6.45) is 5.03. The Kier molecular flexibility index (Phi) is 3.64. The molecule has 3 rings (SSSR count). The maximum atomic E-state index is 5.16. The smallest absolute Gasteiger partial charge is 0.215 e. The van der Waals surface area contributed by atoms with Crippen LogP contribution < -0.4 is 4.74 Å². The van der Waals surface area contributed by atoms with Gasteiger partial charge in [0, 0.05) is 12.0 Å². The second-order valence-corrected chi connectivity index (χ2v) is 7.26. The molecular weight excluding hydrogens is 262 g/mol. The van der Waals surface area contributed by atoms with Crippen LogP contribution in [0.4, 0.5) is 0 Å². The molecule has 4 heteroatoms. The standard InChI is InChI=1S/C17H25N3O/c1-17(2,3)12-7-5-11(6-8-12)15-18-13-9-10-14(21-4)19-16(13)20-15/h9-12H,5-8H2,1-4H3,(H,18,19,20). The molecule has 2 aromatic heterocycles. The van der Waals surface area contributed by atoms with Crippen LogP contribution in [0.25, 0.3) is 11.2 Å². The van der Waals surface area contributed by atoms with E-state index in [1.54, 1.807) is 7.11 Å². The van der Waals surface area contributed by atoms with Gasteiger partial charge in [-0.1, -0.05) is 20.8 Å². The summed E-state index contributed by atoms with van der Waals surface area (Å²) in [7, 11) is 1.63. The van der Waals surface area contributed by atoms with Crippen molar-refractivity contribution in [2.45, 2.75) is 52.4 Å². The van der Waals surface area contributed by atoms with E-state index in [2.05, 4.69) is 35.7 Å². The molecular formula is C17H25N3O. The number of fused-ring (bicyclic) bond motifs is 1. The number of hydrogen-bond donors (Lipinski definition) is 1. The summed E-state index contributed by atoms with van der Waals surface area (Å²) in [5.41, 5.74) is 2.19. The number of imidazole rings is 1. The highest BCUT2D eigenvalue weighted by Gasteiger charge is 2.31. The van der Waals surface area contributed by atoms with Gasteiger partial charge in [0.15, 0.2) is 5.65 Å². The quantitative estimate of drug-likeness (QED) is 0.896. The van der Waals surface area contributed by atoms with Gasteiger partial charge >= 0.3 is 0 Å². The molecule has 1 saturated carbocycles. The van der Waals surface area contributed by atoms with Crippen molar-refractivity contribution in [3.8, 4) is 5.88 Å². The fourth-order valence-electron chi connectivity index (χ4n) is 3.43. The fraction of sp³-hybridized carbons (Fsp3) is 0.647. The molecule has 1 aliphatic carbocycles. The third kappa shape index (κ3) is 2.89. The maximum Gasteiger partial charge on any atom is 0.215 e. The second kappa shape index (κ2) is 5.32. The number of H-pyrrole nitrogens is 1. The first-order valence-corrected chi connectivity index (χ1v) is 7.88. The molecule has 0 bridgehead atoms. The number of methoxy groups -OCH3 is 1. The zero-order valence-corrected chi connectivity index (χ0v) is 13.4. The Bertz CT molecular complexity index is 618. The monoisotopic (exact) mass is 287 g/mol. The average Bonchev–Trinajstić information content (AvgIpc) is 2.89. The number of nitrogens with zero attached hydrogens (tertiary/aromatic N) is 2. The molecule has 0 aromatic carbocycles. The van der Waals surface area contributed by atoms with Gasteiger partial charge in [-0.05, 0) is 43.1 Å². The molecule has 2 heterocycles. The second-order valence-electron chi connectivity index (χ2n) is 7.26. The van der Waals surface area contributed by atoms with Crippen LogP contribution in [-0.2, 0) is 0 Å². The van der Waals surface area contributed by atoms with Crippen molar-refractivity contribution in [3.05, 3.63) is 18.0 Å². The number of hydrogen-bond acceptors (Lipinski definition) is 3. The molecule has 0 radical (unpaired) electrons. The summed E-state index contributed by atoms with van der Waals surface area (Å²) in [6, 6.07) is 3.87. The van der Waals surface area contributed by atoms with Gasteiger partial charge in [-0.3, -0.25) is 0 Å². The molecule has 0 unspecified atom stereocenters. The Morgan fingerprint density at radius 2 is 1.81 bits per heavy atom. The van der Waals surface area contributed by atoms with Gasteiger partial charge in [-0.2, -0.15) is 4.98 Å². The van der Waals surface area contributed by atoms with E-state index in [1.807, 2.05) is 12.1 Å². The molecule has 0 atom stereocenters. The lowest BCUT2D eigenvalue weighted by Gasteiger charge is -2.36. The highest BCUT2D eigenvalue weighted by molar-refractivity contribution is 5.71. The van der Waals surface area contributed by atoms with Crippen LogP contribution >= 0.6 is 0 Å². The number of pyridine rings is 1. The summed E-state index contributed by atoms with van der Waals surface area (Å²) in [6.45, 7) is 7.07. The fourth-order valence-corrected chi connectivity index (χ4v) is 3.43. The Morgan fingerprint density at radius 1 is 1.10 bits per heavy atom. The van der Waals surface area contributed by atoms with E-state index in [-0.39, 0.29) is 0 Å². The van der Waals surface area contributed by atoms with Gasteiger partial charge in [0.05, 0.1) is 12.6 Å². The molecule has 0 spiro atoms. The van der Waals surface area contributed by atoms with Gasteiger partial charge < -0.3 is 9.72 Å². The van der Waals surface area contributed by atoms with Crippen LogP contribution in [0.15, 0.2) is 12.1 Å². The lowest BCUT2D eigenvalue weighted by Crippen LogP contribution is -2.25. The van der Waals surface area contributed by atoms with Gasteiger partial charge in [0.25, 0.3) is 0 Å². The van der Waals surface area contributed by atoms with Crippen molar-refractivity contribution in [2.75, 3.05) is 7.11 Å². The van der Waals surface area contributed by atoms with E-state index in [9.17, 15) is 0 Å². The number of rotatable bonds is 2. The number of aromatic amines is 1. The van der Waals surface area contributed by atoms with Crippen molar-refractivity contribution in [2.24, 2.45) is 11.3 Å². The van der Waals surface area contributed by atoms with Gasteiger partial charge in [0.2, 0.25) is 5.88 Å². The Morgan fingerprint density at radius 3 is 2.43 bits per heavy atom. The van der Waals surface area contributed by atoms with E-state index in [0.717, 1.165) is 22.9 Å². The topological polar surface area (TPSA) is 50.8 Å². The number of aromatic nitrogens is 3. The van der Waals surface area contributed by atoms with E-state index in [0.29, 0.717) is 17.2 Å². The van der Waals surface area contributed by atoms with E-state index in [4.69, 9.17) is 4.74 Å². The summed E-state index contributed by atoms with van der Waals surface area (Å²) < 4.78 is 5.16. The molecule has 0 aliphatic heterocycles. The minimum absolute atomic E-state index is 0.424. The van der Waals surface area contributed by atoms with E-state index < -0.39 is 0 Å². The van der Waals surface area contributed by atoms with Crippen LogP contribution in [0.5, 0.6) is 5.88 Å². The maximum absolute atomic E-state index is 5.16. The highest BCUT2D eigenvalue weighted by atomic mass is 16.5. The van der Waals surface area contributed by atoms with Gasteiger partial charge in [-0.15, -0.1) is 0 Å². The Hall–Kier alpha value is -1.58. The summed E-state index contributed by atoms with van der Waals surface area (Å²) in [4.78, 5) is 12.5. The summed E-state index contributed by atoms with van der Waals surface area (Å²) >= 11 is 0. The number of ether oxygens (including phenoxy) is 1. The predicted molar refractivity (Wildman–Crippen MR) is 84.6 cm³/mol. The van der Waals surface area contributed by atoms with Crippen molar-refractivity contribution in [3.63, 3.8) is 0 Å². The first kappa shape index (κ1) is 14.4. The first-order valence-electron chi connectivity index (χ1n) is 7.88. The molecule has 1 N–H and O–H groups in total. The summed E-state index contributed by atoms with van der Waals surface area (Å²) in [5.74, 6) is 3.09. The molecule has 2 aromatic rings. The van der Waals surface area contributed by atoms with Gasteiger partial charge in [0.1, 0.15) is 5.82 Å². The van der Waals surface area contributed by atoms with Crippen LogP contribution in [0.1, 0.15) is 58.2 Å². The molecule has 4 nitrogen and oxygen atoms in total. The molecule has 21 heavy (non-hydrogen) atoms. The van der Waals surface area contributed by atoms with Crippen molar-refractivity contribution in [1.82, 2.24) is 15.0 Å². The van der Waals surface area contributed by atoms with Crippen LogP contribution in [0.3, 0.4) is 0 Å². The van der Waals surface area contributed by atoms with Crippen molar-refractivity contribution in [1.29, 1.82) is 0 Å². The minimum Gasteiger partial charge on any atom is -0.481 e. The minimum atomic E-state index is 0.424. The molecule has 1 fully saturated rings.